The molecule has 1 nitrogen and oxygen atoms in total. The van der Waals surface area contributed by atoms with Crippen LogP contribution in [0.2, 0.25) is 0 Å². The average molecular weight is 674 g/mol. The maximum absolute atomic E-state index is 2.40. The third-order valence-electron chi connectivity index (χ3n) is 10.6. The SMILES string of the molecule is c1ccc(N(c2ccc(-c3ccc4ccccc4c3)cc2)c2ccc(-c3cc4ccccc4c4ccccc34)cc2)c(-c2ccc3ccccc3c2)c1. The fourth-order valence-corrected chi connectivity index (χ4v) is 7.95. The van der Waals surface area contributed by atoms with Gasteiger partial charge in [0.2, 0.25) is 0 Å². The molecule has 0 radical (unpaired) electrons. The minimum Gasteiger partial charge on any atom is -0.310 e. The lowest BCUT2D eigenvalue weighted by Crippen LogP contribution is -2.11. The van der Waals surface area contributed by atoms with Crippen LogP contribution >= 0.6 is 0 Å². The van der Waals surface area contributed by atoms with E-state index >= 15 is 0 Å². The summed E-state index contributed by atoms with van der Waals surface area (Å²) in [6.45, 7) is 0. The highest BCUT2D eigenvalue weighted by Crippen LogP contribution is 2.43. The first-order valence-corrected chi connectivity index (χ1v) is 18.3. The van der Waals surface area contributed by atoms with E-state index in [4.69, 9.17) is 0 Å². The standard InChI is InChI=1S/C52H35N/c1-3-13-40-33-42(23-21-36(40)11-1)38-25-29-45(30-26-38)53(52-20-10-9-17-48(52)44-24-22-37-12-2-4-14-41(37)34-44)46-31-27-39(28-32-46)51-35-43-15-5-6-16-47(43)49-18-7-8-19-50(49)51/h1-35H. The van der Waals surface area contributed by atoms with Gasteiger partial charge in [0.15, 0.2) is 0 Å². The van der Waals surface area contributed by atoms with Crippen molar-refractivity contribution < 1.29 is 0 Å². The van der Waals surface area contributed by atoms with Gasteiger partial charge in [-0.25, -0.2) is 0 Å². The van der Waals surface area contributed by atoms with Crippen LogP contribution < -0.4 is 4.90 Å². The fourth-order valence-electron chi connectivity index (χ4n) is 7.95. The van der Waals surface area contributed by atoms with E-state index in [1.54, 1.807) is 0 Å². The molecular formula is C52H35N. The first-order valence-electron chi connectivity index (χ1n) is 18.3. The highest BCUT2D eigenvalue weighted by Gasteiger charge is 2.18. The van der Waals surface area contributed by atoms with Crippen molar-refractivity contribution in [3.63, 3.8) is 0 Å². The number of fused-ring (bicyclic) bond motifs is 5. The van der Waals surface area contributed by atoms with E-state index in [0.717, 1.165) is 17.1 Å². The van der Waals surface area contributed by atoms with E-state index in [1.165, 1.54) is 76.5 Å². The van der Waals surface area contributed by atoms with E-state index in [-0.39, 0.29) is 0 Å². The number of para-hydroxylation sites is 1. The number of hydrogen-bond acceptors (Lipinski definition) is 1. The molecule has 0 aliphatic rings. The van der Waals surface area contributed by atoms with Crippen molar-refractivity contribution in [3.8, 4) is 33.4 Å². The number of anilines is 3. The van der Waals surface area contributed by atoms with Crippen LogP contribution in [-0.2, 0) is 0 Å². The van der Waals surface area contributed by atoms with E-state index in [2.05, 4.69) is 217 Å². The molecule has 1 heteroatoms. The normalized spacial score (nSPS) is 11.4. The first-order chi connectivity index (χ1) is 26.3. The van der Waals surface area contributed by atoms with Gasteiger partial charge in [0.1, 0.15) is 0 Å². The number of rotatable bonds is 6. The molecule has 0 atom stereocenters. The Kier molecular flexibility index (Phi) is 7.55. The molecule has 0 saturated heterocycles. The molecular weight excluding hydrogens is 639 g/mol. The van der Waals surface area contributed by atoms with Gasteiger partial charge in [-0.15, -0.1) is 0 Å². The fraction of sp³-hybridized carbons (Fsp3) is 0. The molecule has 0 heterocycles. The molecule has 0 spiro atoms. The Bertz CT molecular complexity index is 2940. The topological polar surface area (TPSA) is 3.24 Å². The van der Waals surface area contributed by atoms with Crippen LogP contribution in [0.25, 0.3) is 76.5 Å². The minimum absolute atomic E-state index is 1.10. The van der Waals surface area contributed by atoms with Gasteiger partial charge in [-0.05, 0) is 119 Å². The quantitative estimate of drug-likeness (QED) is 0.159. The lowest BCUT2D eigenvalue weighted by atomic mass is 9.93. The largest absolute Gasteiger partial charge is 0.310 e. The minimum atomic E-state index is 1.10. The summed E-state index contributed by atoms with van der Waals surface area (Å²) in [5.41, 5.74) is 10.6. The summed E-state index contributed by atoms with van der Waals surface area (Å²) >= 11 is 0. The van der Waals surface area contributed by atoms with Crippen LogP contribution in [0, 0.1) is 0 Å². The number of hydrogen-bond donors (Lipinski definition) is 0. The second kappa shape index (κ2) is 13.0. The Morgan fingerprint density at radius 2 is 0.717 bits per heavy atom. The summed E-state index contributed by atoms with van der Waals surface area (Å²) in [6, 6.07) is 77.3. The van der Waals surface area contributed by atoms with Gasteiger partial charge in [-0.1, -0.05) is 164 Å². The molecule has 10 aromatic rings. The summed E-state index contributed by atoms with van der Waals surface area (Å²) in [5.74, 6) is 0. The van der Waals surface area contributed by atoms with Crippen molar-refractivity contribution in [3.05, 3.63) is 212 Å². The van der Waals surface area contributed by atoms with Crippen molar-refractivity contribution in [2.24, 2.45) is 0 Å². The zero-order valence-electron chi connectivity index (χ0n) is 29.2. The third-order valence-corrected chi connectivity index (χ3v) is 10.6. The van der Waals surface area contributed by atoms with Crippen LogP contribution in [0.4, 0.5) is 17.1 Å². The van der Waals surface area contributed by atoms with Crippen LogP contribution in [0.5, 0.6) is 0 Å². The van der Waals surface area contributed by atoms with Crippen LogP contribution in [-0.4, -0.2) is 0 Å². The van der Waals surface area contributed by atoms with Gasteiger partial charge >= 0.3 is 0 Å². The van der Waals surface area contributed by atoms with Gasteiger partial charge in [-0.3, -0.25) is 0 Å². The van der Waals surface area contributed by atoms with Gasteiger partial charge in [0.25, 0.3) is 0 Å². The zero-order valence-corrected chi connectivity index (χ0v) is 29.2. The summed E-state index contributed by atoms with van der Waals surface area (Å²) < 4.78 is 0. The molecule has 0 aromatic heterocycles. The Morgan fingerprint density at radius 3 is 1.40 bits per heavy atom. The summed E-state index contributed by atoms with van der Waals surface area (Å²) in [4.78, 5) is 2.40. The lowest BCUT2D eigenvalue weighted by Gasteiger charge is -2.28. The molecule has 10 aromatic carbocycles. The summed E-state index contributed by atoms with van der Waals surface area (Å²) in [7, 11) is 0. The van der Waals surface area contributed by atoms with Crippen LogP contribution in [0.3, 0.4) is 0 Å². The maximum atomic E-state index is 2.40. The van der Waals surface area contributed by atoms with Gasteiger partial charge in [0.05, 0.1) is 5.69 Å². The second-order valence-corrected chi connectivity index (χ2v) is 13.8. The highest BCUT2D eigenvalue weighted by atomic mass is 15.1. The molecule has 0 saturated carbocycles. The van der Waals surface area contributed by atoms with Gasteiger partial charge in [-0.2, -0.15) is 0 Å². The van der Waals surface area contributed by atoms with Crippen molar-refractivity contribution in [2.75, 3.05) is 4.90 Å². The lowest BCUT2D eigenvalue weighted by molar-refractivity contribution is 1.28. The molecule has 0 aliphatic carbocycles. The average Bonchev–Trinajstić information content (AvgIpc) is 3.24. The Labute approximate surface area is 309 Å². The molecule has 0 N–H and O–H groups in total. The second-order valence-electron chi connectivity index (χ2n) is 13.8. The van der Waals surface area contributed by atoms with E-state index in [1.807, 2.05) is 0 Å². The van der Waals surface area contributed by atoms with E-state index < -0.39 is 0 Å². The van der Waals surface area contributed by atoms with E-state index in [9.17, 15) is 0 Å². The van der Waals surface area contributed by atoms with Crippen molar-refractivity contribution in [2.45, 2.75) is 0 Å². The van der Waals surface area contributed by atoms with Crippen LogP contribution in [0.15, 0.2) is 212 Å². The third kappa shape index (κ3) is 5.60. The van der Waals surface area contributed by atoms with Crippen molar-refractivity contribution in [1.29, 1.82) is 0 Å². The molecule has 0 amide bonds. The Morgan fingerprint density at radius 1 is 0.245 bits per heavy atom. The molecule has 0 aliphatic heterocycles. The molecule has 0 fully saturated rings. The Balaban J connectivity index is 1.11. The molecule has 248 valence electrons. The first kappa shape index (κ1) is 30.8. The summed E-state index contributed by atoms with van der Waals surface area (Å²) in [6.07, 6.45) is 0. The zero-order chi connectivity index (χ0) is 35.1. The smallest absolute Gasteiger partial charge is 0.0540 e. The predicted molar refractivity (Wildman–Crippen MR) is 227 cm³/mol. The Hall–Kier alpha value is -6.96. The van der Waals surface area contributed by atoms with Gasteiger partial charge in [0, 0.05) is 16.9 Å². The summed E-state index contributed by atoms with van der Waals surface area (Å²) in [5, 5.41) is 10.1. The van der Waals surface area contributed by atoms with Crippen molar-refractivity contribution >= 4 is 60.2 Å². The van der Waals surface area contributed by atoms with E-state index in [0.29, 0.717) is 0 Å². The predicted octanol–water partition coefficient (Wildman–Crippen LogP) is 14.8. The molecule has 0 bridgehead atoms. The monoisotopic (exact) mass is 673 g/mol. The molecule has 0 unspecified atom stereocenters. The molecule has 10 rings (SSSR count). The van der Waals surface area contributed by atoms with Crippen molar-refractivity contribution in [1.82, 2.24) is 0 Å². The number of benzene rings is 10. The van der Waals surface area contributed by atoms with Gasteiger partial charge < -0.3 is 4.90 Å². The highest BCUT2D eigenvalue weighted by molar-refractivity contribution is 6.13. The number of nitrogens with zero attached hydrogens (tertiary/aromatic N) is 1. The van der Waals surface area contributed by atoms with Crippen LogP contribution in [0.1, 0.15) is 0 Å². The maximum Gasteiger partial charge on any atom is 0.0540 e. The molecule has 53 heavy (non-hydrogen) atoms.